The molecule has 1 unspecified atom stereocenters. The van der Waals surface area contributed by atoms with Gasteiger partial charge in [-0.15, -0.1) is 0 Å². The smallest absolute Gasteiger partial charge is 0.105 e. The lowest BCUT2D eigenvalue weighted by molar-refractivity contribution is 0.133. The number of anilines is 1. The zero-order chi connectivity index (χ0) is 14.4. The maximum absolute atomic E-state index is 9.72. The molecule has 5 nitrogen and oxygen atoms in total. The van der Waals surface area contributed by atoms with E-state index in [0.29, 0.717) is 0 Å². The monoisotopic (exact) mass is 306 g/mol. The average Bonchev–Trinajstić information content (AvgIpc) is 3.06. The molecule has 1 atom stereocenters. The number of aromatic nitrogens is 2. The Morgan fingerprint density at radius 1 is 1.29 bits per heavy atom. The van der Waals surface area contributed by atoms with Crippen LogP contribution >= 0.6 is 11.6 Å². The standard InChI is InChI=1S/C15H19ClN4O/c16-10-7-12-11(9-17-19-12)13(8-10)20-5-3-15(4-6-20)2-1-14(21)18-15/h7-9,14,18,21H,1-6H2,(H,17,19). The van der Waals surface area contributed by atoms with Crippen molar-refractivity contribution in [1.82, 2.24) is 15.5 Å². The SMILES string of the molecule is OC1CCC2(CCN(c3cc(Cl)cc4[nH]ncc34)CC2)N1. The maximum Gasteiger partial charge on any atom is 0.105 e. The lowest BCUT2D eigenvalue weighted by Crippen LogP contribution is -2.51. The number of aliphatic hydroxyl groups is 1. The zero-order valence-corrected chi connectivity index (χ0v) is 12.5. The lowest BCUT2D eigenvalue weighted by Gasteiger charge is -2.41. The summed E-state index contributed by atoms with van der Waals surface area (Å²) in [6.07, 6.45) is 5.57. The fourth-order valence-corrected chi connectivity index (χ4v) is 3.95. The summed E-state index contributed by atoms with van der Waals surface area (Å²) in [5.74, 6) is 0. The van der Waals surface area contributed by atoms with Crippen LogP contribution in [0.5, 0.6) is 0 Å². The Morgan fingerprint density at radius 2 is 2.10 bits per heavy atom. The van der Waals surface area contributed by atoms with Gasteiger partial charge in [-0.1, -0.05) is 11.6 Å². The van der Waals surface area contributed by atoms with Crippen molar-refractivity contribution < 1.29 is 5.11 Å². The molecule has 21 heavy (non-hydrogen) atoms. The van der Waals surface area contributed by atoms with Gasteiger partial charge in [0.15, 0.2) is 0 Å². The number of aliphatic hydroxyl groups excluding tert-OH is 1. The Morgan fingerprint density at radius 3 is 2.81 bits per heavy atom. The highest BCUT2D eigenvalue weighted by Crippen LogP contribution is 2.37. The van der Waals surface area contributed by atoms with E-state index in [1.165, 1.54) is 0 Å². The normalized spacial score (nSPS) is 25.0. The Labute approximate surface area is 128 Å². The summed E-state index contributed by atoms with van der Waals surface area (Å²) in [7, 11) is 0. The fraction of sp³-hybridized carbons (Fsp3) is 0.533. The molecule has 0 radical (unpaired) electrons. The predicted molar refractivity (Wildman–Crippen MR) is 83.7 cm³/mol. The number of hydrogen-bond acceptors (Lipinski definition) is 4. The Kier molecular flexibility index (Phi) is 3.10. The van der Waals surface area contributed by atoms with Crippen LogP contribution in [0.3, 0.4) is 0 Å². The first-order valence-corrected chi connectivity index (χ1v) is 7.86. The number of piperidine rings is 1. The fourth-order valence-electron chi connectivity index (χ4n) is 3.74. The molecule has 112 valence electrons. The number of hydrogen-bond donors (Lipinski definition) is 3. The van der Waals surface area contributed by atoms with Crippen molar-refractivity contribution in [3.63, 3.8) is 0 Å². The number of nitrogens with one attached hydrogen (secondary N) is 2. The van der Waals surface area contributed by atoms with Crippen LogP contribution in [0.2, 0.25) is 5.02 Å². The van der Waals surface area contributed by atoms with E-state index in [1.807, 2.05) is 18.3 Å². The van der Waals surface area contributed by atoms with Crippen LogP contribution in [-0.4, -0.2) is 40.2 Å². The van der Waals surface area contributed by atoms with Crippen molar-refractivity contribution in [2.24, 2.45) is 0 Å². The van der Waals surface area contributed by atoms with Gasteiger partial charge in [0.1, 0.15) is 6.23 Å². The largest absolute Gasteiger partial charge is 0.379 e. The second-order valence-electron chi connectivity index (χ2n) is 6.22. The van der Waals surface area contributed by atoms with Gasteiger partial charge in [-0.2, -0.15) is 5.10 Å². The van der Waals surface area contributed by atoms with Gasteiger partial charge < -0.3 is 10.0 Å². The van der Waals surface area contributed by atoms with E-state index in [2.05, 4.69) is 20.4 Å². The number of rotatable bonds is 1. The van der Waals surface area contributed by atoms with E-state index in [0.717, 1.165) is 60.4 Å². The van der Waals surface area contributed by atoms with Crippen LogP contribution in [0.15, 0.2) is 18.3 Å². The minimum absolute atomic E-state index is 0.129. The molecule has 1 aromatic carbocycles. The molecule has 6 heteroatoms. The minimum atomic E-state index is -0.330. The van der Waals surface area contributed by atoms with E-state index in [4.69, 9.17) is 11.6 Å². The minimum Gasteiger partial charge on any atom is -0.379 e. The number of benzene rings is 1. The Bertz CT molecular complexity index is 663. The summed E-state index contributed by atoms with van der Waals surface area (Å²) in [4.78, 5) is 2.38. The van der Waals surface area contributed by atoms with E-state index in [9.17, 15) is 5.11 Å². The van der Waals surface area contributed by atoms with Crippen LogP contribution in [0.25, 0.3) is 10.9 Å². The molecular formula is C15H19ClN4O. The summed E-state index contributed by atoms with van der Waals surface area (Å²) in [5, 5.41) is 22.1. The van der Waals surface area contributed by atoms with Gasteiger partial charge in [-0.25, -0.2) is 0 Å². The summed E-state index contributed by atoms with van der Waals surface area (Å²) in [5.41, 5.74) is 2.26. The molecule has 4 rings (SSSR count). The highest BCUT2D eigenvalue weighted by Gasteiger charge is 2.40. The van der Waals surface area contributed by atoms with Crippen molar-refractivity contribution in [3.05, 3.63) is 23.4 Å². The lowest BCUT2D eigenvalue weighted by atomic mass is 9.86. The molecule has 1 aromatic heterocycles. The first kappa shape index (κ1) is 13.4. The molecule has 2 fully saturated rings. The van der Waals surface area contributed by atoms with E-state index >= 15 is 0 Å². The van der Waals surface area contributed by atoms with Crippen LogP contribution < -0.4 is 10.2 Å². The number of fused-ring (bicyclic) bond motifs is 1. The predicted octanol–water partition coefficient (Wildman–Crippen LogP) is 2.26. The molecule has 1 spiro atoms. The van der Waals surface area contributed by atoms with Crippen LogP contribution in [-0.2, 0) is 0 Å². The molecule has 0 bridgehead atoms. The third-order valence-corrected chi connectivity index (χ3v) is 5.15. The zero-order valence-electron chi connectivity index (χ0n) is 11.8. The Hall–Kier alpha value is -1.30. The molecule has 2 aromatic rings. The van der Waals surface area contributed by atoms with Crippen LogP contribution in [0, 0.1) is 0 Å². The van der Waals surface area contributed by atoms with Crippen molar-refractivity contribution in [2.75, 3.05) is 18.0 Å². The third-order valence-electron chi connectivity index (χ3n) is 4.93. The summed E-state index contributed by atoms with van der Waals surface area (Å²) >= 11 is 6.22. The van der Waals surface area contributed by atoms with E-state index < -0.39 is 0 Å². The summed E-state index contributed by atoms with van der Waals surface area (Å²) in [6.45, 7) is 1.95. The van der Waals surface area contributed by atoms with Crippen molar-refractivity contribution >= 4 is 28.2 Å². The molecule has 0 aliphatic carbocycles. The number of halogens is 1. The van der Waals surface area contributed by atoms with Gasteiger partial charge >= 0.3 is 0 Å². The third kappa shape index (κ3) is 2.29. The number of nitrogens with zero attached hydrogens (tertiary/aromatic N) is 2. The molecule has 3 N–H and O–H groups in total. The second-order valence-corrected chi connectivity index (χ2v) is 6.66. The van der Waals surface area contributed by atoms with Crippen molar-refractivity contribution in [3.8, 4) is 0 Å². The van der Waals surface area contributed by atoms with Gasteiger partial charge in [0.25, 0.3) is 0 Å². The number of H-pyrrole nitrogens is 1. The van der Waals surface area contributed by atoms with Gasteiger partial charge in [0, 0.05) is 34.7 Å². The van der Waals surface area contributed by atoms with Gasteiger partial charge in [0.2, 0.25) is 0 Å². The van der Waals surface area contributed by atoms with E-state index in [1.54, 1.807) is 0 Å². The molecule has 2 aliphatic heterocycles. The van der Waals surface area contributed by atoms with Gasteiger partial charge in [-0.3, -0.25) is 10.4 Å². The molecule has 2 saturated heterocycles. The number of aromatic amines is 1. The maximum atomic E-state index is 9.72. The van der Waals surface area contributed by atoms with Crippen molar-refractivity contribution in [2.45, 2.75) is 37.5 Å². The average molecular weight is 307 g/mol. The van der Waals surface area contributed by atoms with Gasteiger partial charge in [-0.05, 0) is 37.8 Å². The van der Waals surface area contributed by atoms with E-state index in [-0.39, 0.29) is 11.8 Å². The Balaban J connectivity index is 1.59. The highest BCUT2D eigenvalue weighted by atomic mass is 35.5. The molecule has 2 aliphatic rings. The molecular weight excluding hydrogens is 288 g/mol. The van der Waals surface area contributed by atoms with Crippen molar-refractivity contribution in [1.29, 1.82) is 0 Å². The quantitative estimate of drug-likeness (QED) is 0.756. The van der Waals surface area contributed by atoms with Crippen LogP contribution in [0.4, 0.5) is 5.69 Å². The topological polar surface area (TPSA) is 64.2 Å². The molecule has 3 heterocycles. The second kappa shape index (κ2) is 4.87. The molecule has 0 saturated carbocycles. The first-order chi connectivity index (χ1) is 10.2. The first-order valence-electron chi connectivity index (χ1n) is 7.49. The summed E-state index contributed by atoms with van der Waals surface area (Å²) in [6, 6.07) is 3.93. The van der Waals surface area contributed by atoms with Gasteiger partial charge in [0.05, 0.1) is 11.7 Å². The molecule has 0 amide bonds. The summed E-state index contributed by atoms with van der Waals surface area (Å²) < 4.78 is 0. The highest BCUT2D eigenvalue weighted by molar-refractivity contribution is 6.31. The van der Waals surface area contributed by atoms with Crippen LogP contribution in [0.1, 0.15) is 25.7 Å².